The van der Waals surface area contributed by atoms with Gasteiger partial charge in [-0.05, 0) is 69.7 Å². The van der Waals surface area contributed by atoms with Gasteiger partial charge in [0.25, 0.3) is 5.91 Å². The first-order valence-electron chi connectivity index (χ1n) is 8.59. The molecule has 0 radical (unpaired) electrons. The zero-order valence-electron chi connectivity index (χ0n) is 14.9. The summed E-state index contributed by atoms with van der Waals surface area (Å²) in [6, 6.07) is 7.15. The molecule has 5 heteroatoms. The van der Waals surface area contributed by atoms with Gasteiger partial charge in [0.05, 0.1) is 12.6 Å². The number of amidine groups is 1. The lowest BCUT2D eigenvalue weighted by Crippen LogP contribution is -2.45. The summed E-state index contributed by atoms with van der Waals surface area (Å²) in [5, 5.41) is 3.76. The van der Waals surface area contributed by atoms with Crippen LogP contribution in [0.4, 0.5) is 0 Å². The van der Waals surface area contributed by atoms with E-state index in [1.165, 1.54) is 12.8 Å². The number of hydrogen-bond acceptors (Lipinski definition) is 4. The fourth-order valence-electron chi connectivity index (χ4n) is 3.60. The van der Waals surface area contributed by atoms with E-state index in [0.717, 1.165) is 29.7 Å². The van der Waals surface area contributed by atoms with Crippen LogP contribution in [0.5, 0.6) is 5.75 Å². The Bertz CT molecular complexity index is 644. The lowest BCUT2D eigenvalue weighted by atomic mass is 9.73. The van der Waals surface area contributed by atoms with Crippen molar-refractivity contribution in [1.82, 2.24) is 5.32 Å². The molecule has 130 valence electrons. The Kier molecular flexibility index (Phi) is 4.65. The van der Waals surface area contributed by atoms with Crippen LogP contribution >= 0.6 is 11.8 Å². The van der Waals surface area contributed by atoms with Gasteiger partial charge in [0.1, 0.15) is 5.75 Å². The van der Waals surface area contributed by atoms with Crippen LogP contribution in [0.3, 0.4) is 0 Å². The summed E-state index contributed by atoms with van der Waals surface area (Å²) in [5.74, 6) is 1.43. The highest BCUT2D eigenvalue weighted by atomic mass is 32.2. The summed E-state index contributed by atoms with van der Waals surface area (Å²) < 4.78 is 5.26. The molecule has 1 amide bonds. The van der Waals surface area contributed by atoms with Gasteiger partial charge in [-0.15, -0.1) is 0 Å². The second-order valence-electron chi connectivity index (χ2n) is 7.44. The van der Waals surface area contributed by atoms with Crippen LogP contribution in [0.25, 0.3) is 0 Å². The highest BCUT2D eigenvalue weighted by molar-refractivity contribution is 8.15. The summed E-state index contributed by atoms with van der Waals surface area (Å²) >= 11 is 1.77. The number of carbonyl (C=O) groups excluding carboxylic acids is 1. The average Bonchev–Trinajstić information content (AvgIpc) is 2.80. The van der Waals surface area contributed by atoms with Crippen molar-refractivity contribution in [3.05, 3.63) is 29.8 Å². The van der Waals surface area contributed by atoms with Crippen molar-refractivity contribution in [3.8, 4) is 5.75 Å². The van der Waals surface area contributed by atoms with Crippen LogP contribution in [0.2, 0.25) is 0 Å². The van der Waals surface area contributed by atoms with E-state index >= 15 is 0 Å². The molecule has 4 nitrogen and oxygen atoms in total. The molecule has 1 heterocycles. The van der Waals surface area contributed by atoms with Crippen molar-refractivity contribution < 1.29 is 9.53 Å². The van der Waals surface area contributed by atoms with Crippen LogP contribution in [-0.4, -0.2) is 28.5 Å². The number of ether oxygens (including phenoxy) is 1. The second-order valence-corrected chi connectivity index (χ2v) is 8.81. The Labute approximate surface area is 148 Å². The lowest BCUT2D eigenvalue weighted by molar-refractivity contribution is 0.0978. The molecule has 1 fully saturated rings. The van der Waals surface area contributed by atoms with Crippen LogP contribution in [-0.2, 0) is 0 Å². The van der Waals surface area contributed by atoms with Gasteiger partial charge < -0.3 is 10.1 Å². The van der Waals surface area contributed by atoms with Crippen molar-refractivity contribution in [2.24, 2.45) is 10.9 Å². The number of aliphatic imine (C=N–C) groups is 1. The van der Waals surface area contributed by atoms with Crippen molar-refractivity contribution in [2.75, 3.05) is 7.11 Å². The number of hydrogen-bond donors (Lipinski definition) is 1. The van der Waals surface area contributed by atoms with E-state index < -0.39 is 0 Å². The van der Waals surface area contributed by atoms with Crippen molar-refractivity contribution in [3.63, 3.8) is 0 Å². The van der Waals surface area contributed by atoms with E-state index in [-0.39, 0.29) is 16.2 Å². The van der Waals surface area contributed by atoms with Crippen LogP contribution in [0.1, 0.15) is 56.8 Å². The molecule has 1 spiro atoms. The van der Waals surface area contributed by atoms with Crippen molar-refractivity contribution in [1.29, 1.82) is 0 Å². The van der Waals surface area contributed by atoms with Gasteiger partial charge in [-0.3, -0.25) is 9.79 Å². The first kappa shape index (κ1) is 17.3. The molecule has 1 saturated carbocycles. The molecule has 1 aromatic carbocycles. The van der Waals surface area contributed by atoms with Crippen molar-refractivity contribution in [2.45, 2.75) is 56.7 Å². The quantitative estimate of drug-likeness (QED) is 0.871. The smallest absolute Gasteiger partial charge is 0.257 e. The predicted molar refractivity (Wildman–Crippen MR) is 99.9 cm³/mol. The maximum absolute atomic E-state index is 12.5. The van der Waals surface area contributed by atoms with E-state index in [1.54, 1.807) is 43.1 Å². The number of nitrogens with one attached hydrogen (secondary N) is 1. The van der Waals surface area contributed by atoms with E-state index in [1.807, 2.05) is 0 Å². The number of rotatable bonds is 2. The molecule has 1 aromatic rings. The van der Waals surface area contributed by atoms with Gasteiger partial charge in [-0.1, -0.05) is 18.7 Å². The number of thioether (sulfide) groups is 1. The molecule has 2 aliphatic rings. The second kappa shape index (κ2) is 6.43. The minimum Gasteiger partial charge on any atom is -0.497 e. The third-order valence-corrected chi connectivity index (χ3v) is 7.13. The number of methoxy groups -OCH3 is 1. The maximum Gasteiger partial charge on any atom is 0.257 e. The number of nitrogens with zero attached hydrogens (tertiary/aromatic N) is 1. The molecular formula is C19H26N2O2S. The molecule has 0 unspecified atom stereocenters. The SMILES string of the molecule is COc1ccc(C(=O)NC2=NC(C)(C)C3(CCC(C)CC3)S2)cc1. The Balaban J connectivity index is 1.70. The normalized spacial score (nSPS) is 28.5. The fraction of sp³-hybridized carbons (Fsp3) is 0.579. The number of benzene rings is 1. The standard InChI is InChI=1S/C19H26N2O2S/c1-13-9-11-19(12-10-13)18(2,3)21-17(24-19)20-16(22)14-5-7-15(23-4)8-6-14/h5-8,13H,9-12H2,1-4H3,(H,20,21,22). The van der Waals surface area contributed by atoms with Crippen LogP contribution in [0.15, 0.2) is 29.3 Å². The molecule has 0 atom stereocenters. The highest BCUT2D eigenvalue weighted by Crippen LogP contribution is 2.54. The largest absolute Gasteiger partial charge is 0.497 e. The van der Waals surface area contributed by atoms with Crippen LogP contribution in [0, 0.1) is 5.92 Å². The minimum absolute atomic E-state index is 0.110. The highest BCUT2D eigenvalue weighted by Gasteiger charge is 2.52. The molecule has 0 aromatic heterocycles. The Hall–Kier alpha value is -1.49. The number of carbonyl (C=O) groups is 1. The lowest BCUT2D eigenvalue weighted by Gasteiger charge is -2.43. The zero-order valence-corrected chi connectivity index (χ0v) is 15.7. The van der Waals surface area contributed by atoms with E-state index in [2.05, 4.69) is 26.1 Å². The summed E-state index contributed by atoms with van der Waals surface area (Å²) in [5.41, 5.74) is 0.482. The molecule has 1 aliphatic carbocycles. The Morgan fingerprint density at radius 2 is 1.88 bits per heavy atom. The minimum atomic E-state index is -0.139. The summed E-state index contributed by atoms with van der Waals surface area (Å²) in [7, 11) is 1.62. The first-order valence-corrected chi connectivity index (χ1v) is 9.41. The third-order valence-electron chi connectivity index (χ3n) is 5.44. The summed E-state index contributed by atoms with van der Waals surface area (Å²) in [4.78, 5) is 17.3. The fourth-order valence-corrected chi connectivity index (χ4v) is 5.12. The van der Waals surface area contributed by atoms with Gasteiger partial charge in [0.15, 0.2) is 5.17 Å². The van der Waals surface area contributed by atoms with E-state index in [9.17, 15) is 4.79 Å². The Morgan fingerprint density at radius 1 is 1.25 bits per heavy atom. The van der Waals surface area contributed by atoms with Gasteiger partial charge in [-0.25, -0.2) is 0 Å². The van der Waals surface area contributed by atoms with Crippen molar-refractivity contribution >= 4 is 22.8 Å². The van der Waals surface area contributed by atoms with Gasteiger partial charge in [0, 0.05) is 10.3 Å². The maximum atomic E-state index is 12.5. The van der Waals surface area contributed by atoms with E-state index in [4.69, 9.17) is 9.73 Å². The monoisotopic (exact) mass is 346 g/mol. The van der Waals surface area contributed by atoms with Gasteiger partial charge >= 0.3 is 0 Å². The predicted octanol–water partition coefficient (Wildman–Crippen LogP) is 4.26. The molecule has 3 rings (SSSR count). The van der Waals surface area contributed by atoms with E-state index in [0.29, 0.717) is 5.56 Å². The zero-order chi connectivity index (χ0) is 17.4. The molecular weight excluding hydrogens is 320 g/mol. The third kappa shape index (κ3) is 3.18. The molecule has 1 N–H and O–H groups in total. The molecule has 0 saturated heterocycles. The molecule has 0 bridgehead atoms. The average molecular weight is 346 g/mol. The van der Waals surface area contributed by atoms with Gasteiger partial charge in [0.2, 0.25) is 0 Å². The first-order chi connectivity index (χ1) is 11.4. The number of amides is 1. The topological polar surface area (TPSA) is 50.7 Å². The van der Waals surface area contributed by atoms with Gasteiger partial charge in [-0.2, -0.15) is 0 Å². The molecule has 1 aliphatic heterocycles. The Morgan fingerprint density at radius 3 is 2.46 bits per heavy atom. The summed E-state index contributed by atoms with van der Waals surface area (Å²) in [6.45, 7) is 6.72. The molecule has 24 heavy (non-hydrogen) atoms. The summed E-state index contributed by atoms with van der Waals surface area (Å²) in [6.07, 6.45) is 4.81. The van der Waals surface area contributed by atoms with Crippen LogP contribution < -0.4 is 10.1 Å².